The lowest BCUT2D eigenvalue weighted by Gasteiger charge is -2.29. The number of hydrogen-bond donors (Lipinski definition) is 0. The van der Waals surface area contributed by atoms with Crippen molar-refractivity contribution in [3.63, 3.8) is 0 Å². The molecule has 2 aromatic rings. The van der Waals surface area contributed by atoms with Gasteiger partial charge in [-0.15, -0.1) is 11.3 Å². The molecule has 2 fully saturated rings. The van der Waals surface area contributed by atoms with Crippen LogP contribution in [0.2, 0.25) is 0 Å². The highest BCUT2D eigenvalue weighted by atomic mass is 32.1. The average Bonchev–Trinajstić information content (AvgIpc) is 3.46. The maximum Gasteiger partial charge on any atom is 0.245 e. The van der Waals surface area contributed by atoms with Crippen molar-refractivity contribution in [2.75, 3.05) is 44.8 Å². The van der Waals surface area contributed by atoms with Gasteiger partial charge >= 0.3 is 0 Å². The van der Waals surface area contributed by atoms with E-state index >= 15 is 0 Å². The first-order valence-electron chi connectivity index (χ1n) is 10.6. The molecule has 0 radical (unpaired) electrons. The number of thiophene rings is 1. The number of benzene rings is 1. The summed E-state index contributed by atoms with van der Waals surface area (Å²) in [5.41, 5.74) is 2.29. The molecular formula is C23H29N3O3S. The zero-order chi connectivity index (χ0) is 20.9. The SMILES string of the molecule is CN(Cc1ccc(N2CCOCC2)cc1)C(=O)C1CCCN1C(=O)Cc1cccs1. The molecule has 7 heteroatoms. The van der Waals surface area contributed by atoms with Gasteiger partial charge in [0.25, 0.3) is 0 Å². The molecule has 1 unspecified atom stereocenters. The van der Waals surface area contributed by atoms with Gasteiger partial charge in [-0.05, 0) is 42.0 Å². The van der Waals surface area contributed by atoms with E-state index in [1.807, 2.05) is 24.6 Å². The summed E-state index contributed by atoms with van der Waals surface area (Å²) in [6, 6.07) is 12.0. The second-order valence-electron chi connectivity index (χ2n) is 7.96. The molecule has 4 rings (SSSR count). The van der Waals surface area contributed by atoms with Crippen LogP contribution in [0.3, 0.4) is 0 Å². The van der Waals surface area contributed by atoms with Crippen molar-refractivity contribution in [2.24, 2.45) is 0 Å². The van der Waals surface area contributed by atoms with Crippen LogP contribution in [0.4, 0.5) is 5.69 Å². The van der Waals surface area contributed by atoms with Gasteiger partial charge in [-0.25, -0.2) is 0 Å². The van der Waals surface area contributed by atoms with Crippen molar-refractivity contribution >= 4 is 28.8 Å². The van der Waals surface area contributed by atoms with Gasteiger partial charge in [0.05, 0.1) is 19.6 Å². The number of amides is 2. The largest absolute Gasteiger partial charge is 0.378 e. The van der Waals surface area contributed by atoms with Crippen molar-refractivity contribution in [2.45, 2.75) is 31.8 Å². The molecule has 2 saturated heterocycles. The molecule has 3 heterocycles. The third-order valence-electron chi connectivity index (χ3n) is 5.87. The van der Waals surface area contributed by atoms with E-state index < -0.39 is 0 Å². The summed E-state index contributed by atoms with van der Waals surface area (Å²) >= 11 is 1.59. The summed E-state index contributed by atoms with van der Waals surface area (Å²) in [7, 11) is 1.83. The Bertz CT molecular complexity index is 847. The van der Waals surface area contributed by atoms with Gasteiger partial charge in [0, 0.05) is 43.8 Å². The van der Waals surface area contributed by atoms with Gasteiger partial charge < -0.3 is 19.4 Å². The van der Waals surface area contributed by atoms with Crippen molar-refractivity contribution < 1.29 is 14.3 Å². The molecule has 6 nitrogen and oxygen atoms in total. The van der Waals surface area contributed by atoms with Crippen LogP contribution < -0.4 is 4.90 Å². The molecule has 1 aromatic carbocycles. The third-order valence-corrected chi connectivity index (χ3v) is 6.75. The van der Waals surface area contributed by atoms with Gasteiger partial charge in [0.1, 0.15) is 6.04 Å². The molecule has 0 saturated carbocycles. The Morgan fingerprint density at radius 2 is 1.90 bits per heavy atom. The van der Waals surface area contributed by atoms with Gasteiger partial charge in [0.2, 0.25) is 11.8 Å². The van der Waals surface area contributed by atoms with Crippen LogP contribution in [-0.4, -0.2) is 67.6 Å². The zero-order valence-electron chi connectivity index (χ0n) is 17.5. The van der Waals surface area contributed by atoms with E-state index in [4.69, 9.17) is 4.74 Å². The Labute approximate surface area is 182 Å². The van der Waals surface area contributed by atoms with Crippen molar-refractivity contribution in [1.82, 2.24) is 9.80 Å². The molecule has 0 N–H and O–H groups in total. The van der Waals surface area contributed by atoms with Crippen LogP contribution in [0, 0.1) is 0 Å². The van der Waals surface area contributed by atoms with Crippen LogP contribution >= 0.6 is 11.3 Å². The molecule has 0 aliphatic carbocycles. The van der Waals surface area contributed by atoms with Gasteiger partial charge in [-0.2, -0.15) is 0 Å². The predicted octanol–water partition coefficient (Wildman–Crippen LogP) is 2.78. The average molecular weight is 428 g/mol. The van der Waals surface area contributed by atoms with Crippen LogP contribution in [0.25, 0.3) is 0 Å². The van der Waals surface area contributed by atoms with Crippen molar-refractivity contribution in [1.29, 1.82) is 0 Å². The Morgan fingerprint density at radius 3 is 2.60 bits per heavy atom. The first-order valence-corrected chi connectivity index (χ1v) is 11.5. The molecule has 30 heavy (non-hydrogen) atoms. The number of rotatable bonds is 6. The second kappa shape index (κ2) is 9.62. The fourth-order valence-corrected chi connectivity index (χ4v) is 4.92. The second-order valence-corrected chi connectivity index (χ2v) is 8.99. The highest BCUT2D eigenvalue weighted by Crippen LogP contribution is 2.23. The monoisotopic (exact) mass is 427 g/mol. The maximum atomic E-state index is 13.1. The van der Waals surface area contributed by atoms with Crippen LogP contribution in [0.1, 0.15) is 23.3 Å². The van der Waals surface area contributed by atoms with E-state index in [-0.39, 0.29) is 17.9 Å². The highest BCUT2D eigenvalue weighted by molar-refractivity contribution is 7.10. The first-order chi connectivity index (χ1) is 14.6. The minimum absolute atomic E-state index is 0.0317. The minimum Gasteiger partial charge on any atom is -0.378 e. The Hall–Kier alpha value is -2.38. The molecule has 2 aliphatic rings. The molecule has 2 amide bonds. The number of nitrogens with zero attached hydrogens (tertiary/aromatic N) is 3. The third kappa shape index (κ3) is 4.84. The number of anilines is 1. The normalized spacial score (nSPS) is 19.2. The Kier molecular flexibility index (Phi) is 6.69. The molecule has 0 spiro atoms. The summed E-state index contributed by atoms with van der Waals surface area (Å²) in [5.74, 6) is 0.0841. The summed E-state index contributed by atoms with van der Waals surface area (Å²) in [5, 5.41) is 1.98. The molecule has 160 valence electrons. The Morgan fingerprint density at radius 1 is 1.13 bits per heavy atom. The lowest BCUT2D eigenvalue weighted by molar-refractivity contribution is -0.143. The van der Waals surface area contributed by atoms with E-state index in [1.54, 1.807) is 21.1 Å². The quantitative estimate of drug-likeness (QED) is 0.711. The fraction of sp³-hybridized carbons (Fsp3) is 0.478. The zero-order valence-corrected chi connectivity index (χ0v) is 18.3. The predicted molar refractivity (Wildman–Crippen MR) is 119 cm³/mol. The number of hydrogen-bond acceptors (Lipinski definition) is 5. The van der Waals surface area contributed by atoms with E-state index in [0.717, 1.165) is 49.6 Å². The fourth-order valence-electron chi connectivity index (χ4n) is 4.23. The number of likely N-dealkylation sites (tertiary alicyclic amines) is 1. The lowest BCUT2D eigenvalue weighted by atomic mass is 10.1. The van der Waals surface area contributed by atoms with E-state index in [1.165, 1.54) is 5.69 Å². The molecule has 1 aromatic heterocycles. The lowest BCUT2D eigenvalue weighted by Crippen LogP contribution is -2.46. The summed E-state index contributed by atoms with van der Waals surface area (Å²) in [6.07, 6.45) is 2.01. The smallest absolute Gasteiger partial charge is 0.245 e. The van der Waals surface area contributed by atoms with Gasteiger partial charge in [-0.1, -0.05) is 18.2 Å². The maximum absolute atomic E-state index is 13.1. The van der Waals surface area contributed by atoms with Crippen molar-refractivity contribution in [3.05, 3.63) is 52.2 Å². The number of ether oxygens (including phenoxy) is 1. The first kappa shape index (κ1) is 20.9. The molecular weight excluding hydrogens is 398 g/mol. The molecule has 1 atom stereocenters. The van der Waals surface area contributed by atoms with E-state index in [9.17, 15) is 9.59 Å². The van der Waals surface area contributed by atoms with Gasteiger partial charge in [-0.3, -0.25) is 9.59 Å². The Balaban J connectivity index is 1.34. The van der Waals surface area contributed by atoms with Crippen LogP contribution in [0.5, 0.6) is 0 Å². The highest BCUT2D eigenvalue weighted by Gasteiger charge is 2.35. The summed E-state index contributed by atoms with van der Waals surface area (Å²) in [4.78, 5) is 32.7. The number of carbonyl (C=O) groups excluding carboxylic acids is 2. The van der Waals surface area contributed by atoms with Crippen LogP contribution in [0.15, 0.2) is 41.8 Å². The minimum atomic E-state index is -0.338. The number of carbonyl (C=O) groups is 2. The van der Waals surface area contributed by atoms with E-state index in [0.29, 0.717) is 19.5 Å². The van der Waals surface area contributed by atoms with E-state index in [2.05, 4.69) is 29.2 Å². The van der Waals surface area contributed by atoms with Crippen molar-refractivity contribution in [3.8, 4) is 0 Å². The standard InChI is InChI=1S/C23H29N3O3S/c1-24(17-18-6-8-19(9-7-18)25-11-13-29-14-12-25)23(28)21-5-2-10-26(21)22(27)16-20-4-3-15-30-20/h3-4,6-9,15,21H,2,5,10-14,16-17H2,1H3. The van der Waals surface area contributed by atoms with Crippen LogP contribution in [-0.2, 0) is 27.3 Å². The summed E-state index contributed by atoms with van der Waals surface area (Å²) in [6.45, 7) is 4.57. The topological polar surface area (TPSA) is 53.1 Å². The molecule has 0 bridgehead atoms. The number of likely N-dealkylation sites (N-methyl/N-ethyl adjacent to an activating group) is 1. The van der Waals surface area contributed by atoms with Gasteiger partial charge in [0.15, 0.2) is 0 Å². The summed E-state index contributed by atoms with van der Waals surface area (Å²) < 4.78 is 5.41. The molecule has 2 aliphatic heterocycles. The number of morpholine rings is 1.